The minimum atomic E-state index is -0.232. The lowest BCUT2D eigenvalue weighted by Gasteiger charge is -1.86. The second-order valence-corrected chi connectivity index (χ2v) is 3.09. The highest BCUT2D eigenvalue weighted by Crippen LogP contribution is 2.21. The van der Waals surface area contributed by atoms with E-state index in [0.717, 1.165) is 16.7 Å². The quantitative estimate of drug-likeness (QED) is 0.682. The Hall–Kier alpha value is -0.830. The zero-order chi connectivity index (χ0) is 8.55. The van der Waals surface area contributed by atoms with E-state index in [1.165, 1.54) is 12.1 Å². The normalized spacial score (nSPS) is 10.8. The van der Waals surface area contributed by atoms with E-state index in [9.17, 15) is 4.39 Å². The number of hydrogen-bond donors (Lipinski definition) is 0. The van der Waals surface area contributed by atoms with Crippen LogP contribution in [0.5, 0.6) is 0 Å². The van der Waals surface area contributed by atoms with E-state index in [2.05, 4.69) is 15.9 Å². The van der Waals surface area contributed by atoms with Crippen molar-refractivity contribution < 1.29 is 8.81 Å². The molecule has 12 heavy (non-hydrogen) atoms. The lowest BCUT2D eigenvalue weighted by molar-refractivity contribution is 0.573. The van der Waals surface area contributed by atoms with Gasteiger partial charge in [-0.25, -0.2) is 4.39 Å². The van der Waals surface area contributed by atoms with Crippen molar-refractivity contribution in [3.05, 3.63) is 35.8 Å². The second kappa shape index (κ2) is 2.90. The zero-order valence-electron chi connectivity index (χ0n) is 6.18. The summed E-state index contributed by atoms with van der Waals surface area (Å²) in [5.74, 6) is 0.583. The molecule has 1 aromatic heterocycles. The molecule has 2 rings (SSSR count). The largest absolute Gasteiger partial charge is 0.460 e. The van der Waals surface area contributed by atoms with Crippen molar-refractivity contribution in [1.82, 2.24) is 0 Å². The van der Waals surface area contributed by atoms with E-state index in [-0.39, 0.29) is 5.82 Å². The standard InChI is InChI=1S/C9H6BrFO/c10-5-8-4-6-3-7(11)1-2-9(6)12-8/h1-4H,5H2. The highest BCUT2D eigenvalue weighted by Gasteiger charge is 2.02. The molecule has 0 aliphatic rings. The first-order valence-corrected chi connectivity index (χ1v) is 4.65. The van der Waals surface area contributed by atoms with Gasteiger partial charge in [0.15, 0.2) is 0 Å². The summed E-state index contributed by atoms with van der Waals surface area (Å²) in [6.45, 7) is 0. The second-order valence-electron chi connectivity index (χ2n) is 2.53. The monoisotopic (exact) mass is 228 g/mol. The van der Waals surface area contributed by atoms with Crippen molar-refractivity contribution in [3.8, 4) is 0 Å². The summed E-state index contributed by atoms with van der Waals surface area (Å²) in [6, 6.07) is 6.32. The van der Waals surface area contributed by atoms with Gasteiger partial charge in [-0.3, -0.25) is 0 Å². The van der Waals surface area contributed by atoms with Crippen LogP contribution in [0.4, 0.5) is 4.39 Å². The predicted molar refractivity (Wildman–Crippen MR) is 48.8 cm³/mol. The van der Waals surface area contributed by atoms with E-state index >= 15 is 0 Å². The van der Waals surface area contributed by atoms with Crippen LogP contribution < -0.4 is 0 Å². The van der Waals surface area contributed by atoms with E-state index in [4.69, 9.17) is 4.42 Å². The van der Waals surface area contributed by atoms with Crippen molar-refractivity contribution in [1.29, 1.82) is 0 Å². The SMILES string of the molecule is Fc1ccc2oc(CBr)cc2c1. The van der Waals surface area contributed by atoms with Crippen molar-refractivity contribution in [3.63, 3.8) is 0 Å². The molecule has 0 saturated heterocycles. The Morgan fingerprint density at radius 1 is 1.33 bits per heavy atom. The first kappa shape index (κ1) is 7.80. The summed E-state index contributed by atoms with van der Waals surface area (Å²) in [4.78, 5) is 0. The van der Waals surface area contributed by atoms with Crippen LogP contribution in [-0.4, -0.2) is 0 Å². The van der Waals surface area contributed by atoms with Gasteiger partial charge in [0.25, 0.3) is 0 Å². The Bertz CT molecular complexity index is 408. The molecule has 1 nitrogen and oxygen atoms in total. The van der Waals surface area contributed by atoms with Crippen molar-refractivity contribution >= 4 is 26.9 Å². The van der Waals surface area contributed by atoms with Gasteiger partial charge in [0.05, 0.1) is 5.33 Å². The third kappa shape index (κ3) is 1.25. The molecule has 0 spiro atoms. The molecule has 62 valence electrons. The Labute approximate surface area is 77.3 Å². The van der Waals surface area contributed by atoms with Crippen LogP contribution in [0.1, 0.15) is 5.76 Å². The Morgan fingerprint density at radius 3 is 2.92 bits per heavy atom. The van der Waals surface area contributed by atoms with Crippen LogP contribution in [0.3, 0.4) is 0 Å². The lowest BCUT2D eigenvalue weighted by Crippen LogP contribution is -1.68. The molecule has 0 atom stereocenters. The van der Waals surface area contributed by atoms with Crippen LogP contribution >= 0.6 is 15.9 Å². The molecule has 0 saturated carbocycles. The Morgan fingerprint density at radius 2 is 2.17 bits per heavy atom. The number of fused-ring (bicyclic) bond motifs is 1. The van der Waals surface area contributed by atoms with E-state index in [0.29, 0.717) is 5.33 Å². The maximum absolute atomic E-state index is 12.7. The van der Waals surface area contributed by atoms with Crippen molar-refractivity contribution in [2.75, 3.05) is 0 Å². The third-order valence-corrected chi connectivity index (χ3v) is 2.21. The molecule has 0 radical (unpaired) electrons. The van der Waals surface area contributed by atoms with Gasteiger partial charge in [-0.1, -0.05) is 15.9 Å². The van der Waals surface area contributed by atoms with Crippen LogP contribution in [0.15, 0.2) is 28.7 Å². The van der Waals surface area contributed by atoms with Gasteiger partial charge in [-0.2, -0.15) is 0 Å². The maximum Gasteiger partial charge on any atom is 0.134 e. The lowest BCUT2D eigenvalue weighted by atomic mass is 10.2. The molecule has 0 aliphatic heterocycles. The van der Waals surface area contributed by atoms with Gasteiger partial charge < -0.3 is 4.42 Å². The zero-order valence-corrected chi connectivity index (χ0v) is 7.77. The van der Waals surface area contributed by atoms with Crippen LogP contribution in [0.25, 0.3) is 11.0 Å². The Kier molecular flexibility index (Phi) is 1.89. The molecule has 1 aromatic carbocycles. The third-order valence-electron chi connectivity index (χ3n) is 1.66. The average Bonchev–Trinajstić information content (AvgIpc) is 2.46. The highest BCUT2D eigenvalue weighted by atomic mass is 79.9. The highest BCUT2D eigenvalue weighted by molar-refractivity contribution is 9.08. The van der Waals surface area contributed by atoms with Crippen LogP contribution in [-0.2, 0) is 5.33 Å². The van der Waals surface area contributed by atoms with Gasteiger partial charge >= 0.3 is 0 Å². The molecule has 0 amide bonds. The van der Waals surface area contributed by atoms with Gasteiger partial charge in [0.2, 0.25) is 0 Å². The smallest absolute Gasteiger partial charge is 0.134 e. The summed E-state index contributed by atoms with van der Waals surface area (Å²) >= 11 is 3.27. The van der Waals surface area contributed by atoms with Gasteiger partial charge in [-0.05, 0) is 24.3 Å². The number of alkyl halides is 1. The molecule has 0 unspecified atom stereocenters. The van der Waals surface area contributed by atoms with Crippen LogP contribution in [0, 0.1) is 5.82 Å². The van der Waals surface area contributed by atoms with Gasteiger partial charge in [-0.15, -0.1) is 0 Å². The summed E-state index contributed by atoms with van der Waals surface area (Å²) in [5.41, 5.74) is 0.728. The Balaban J connectivity index is 2.67. The van der Waals surface area contributed by atoms with Gasteiger partial charge in [0, 0.05) is 5.39 Å². The minimum Gasteiger partial charge on any atom is -0.460 e. The first-order valence-electron chi connectivity index (χ1n) is 3.53. The molecule has 3 heteroatoms. The molecule has 0 bridgehead atoms. The van der Waals surface area contributed by atoms with Crippen molar-refractivity contribution in [2.45, 2.75) is 5.33 Å². The fourth-order valence-electron chi connectivity index (χ4n) is 1.14. The minimum absolute atomic E-state index is 0.232. The number of halogens is 2. The first-order chi connectivity index (χ1) is 5.79. The molecule has 0 fully saturated rings. The fraction of sp³-hybridized carbons (Fsp3) is 0.111. The molecule has 0 N–H and O–H groups in total. The van der Waals surface area contributed by atoms with Gasteiger partial charge in [0.1, 0.15) is 17.2 Å². The summed E-state index contributed by atoms with van der Waals surface area (Å²) in [5, 5.41) is 1.47. The predicted octanol–water partition coefficient (Wildman–Crippen LogP) is 3.47. The topological polar surface area (TPSA) is 13.1 Å². The molecule has 1 heterocycles. The summed E-state index contributed by atoms with van der Waals surface area (Å²) in [6.07, 6.45) is 0. The van der Waals surface area contributed by atoms with Crippen molar-refractivity contribution in [2.24, 2.45) is 0 Å². The number of rotatable bonds is 1. The van der Waals surface area contributed by atoms with Crippen LogP contribution in [0.2, 0.25) is 0 Å². The van der Waals surface area contributed by atoms with E-state index in [1.54, 1.807) is 6.07 Å². The summed E-state index contributed by atoms with van der Waals surface area (Å²) in [7, 11) is 0. The number of benzene rings is 1. The molecule has 0 aliphatic carbocycles. The van der Waals surface area contributed by atoms with E-state index < -0.39 is 0 Å². The maximum atomic E-state index is 12.7. The number of furan rings is 1. The average molecular weight is 229 g/mol. The molecule has 2 aromatic rings. The fourth-order valence-corrected chi connectivity index (χ4v) is 1.41. The number of hydrogen-bond acceptors (Lipinski definition) is 1. The molecular weight excluding hydrogens is 223 g/mol. The summed E-state index contributed by atoms with van der Waals surface area (Å²) < 4.78 is 18.1. The molecular formula is C9H6BrFO. The van der Waals surface area contributed by atoms with E-state index in [1.807, 2.05) is 6.07 Å².